The molecule has 0 saturated carbocycles. The minimum absolute atomic E-state index is 0.988. The first kappa shape index (κ1) is 32.1. The molecule has 0 aliphatic rings. The number of fused-ring (bicyclic) bond motifs is 3. The molecule has 0 radical (unpaired) electrons. The minimum Gasteiger partial charge on any atom is -0.309 e. The zero-order chi connectivity index (χ0) is 36.6. The average molecular weight is 705 g/mol. The summed E-state index contributed by atoms with van der Waals surface area (Å²) in [5.74, 6) is 0. The third-order valence-electron chi connectivity index (χ3n) is 10.2. The van der Waals surface area contributed by atoms with Crippen molar-refractivity contribution in [1.29, 1.82) is 0 Å². The van der Waals surface area contributed by atoms with Crippen LogP contribution in [0.3, 0.4) is 0 Å². The van der Waals surface area contributed by atoms with Crippen LogP contribution in [0, 0.1) is 0 Å². The van der Waals surface area contributed by atoms with Crippen LogP contribution in [0.2, 0.25) is 0 Å². The van der Waals surface area contributed by atoms with Crippen LogP contribution in [0.4, 0.5) is 0 Å². The molecular formula is C49H32N6. The number of pyridine rings is 1. The molecule has 55 heavy (non-hydrogen) atoms. The third-order valence-corrected chi connectivity index (χ3v) is 10.2. The molecule has 6 nitrogen and oxygen atoms in total. The van der Waals surface area contributed by atoms with Crippen LogP contribution in [-0.4, -0.2) is 29.5 Å². The molecule has 10 rings (SSSR count). The number of hydrogen-bond acceptors (Lipinski definition) is 5. The summed E-state index contributed by atoms with van der Waals surface area (Å²) in [6, 6.07) is 52.3. The minimum atomic E-state index is 0.988. The fourth-order valence-electron chi connectivity index (χ4n) is 7.58. The summed E-state index contributed by atoms with van der Waals surface area (Å²) in [7, 11) is 0. The van der Waals surface area contributed by atoms with E-state index < -0.39 is 0 Å². The molecule has 0 atom stereocenters. The van der Waals surface area contributed by atoms with Crippen molar-refractivity contribution >= 4 is 21.8 Å². The van der Waals surface area contributed by atoms with Crippen LogP contribution >= 0.6 is 0 Å². The summed E-state index contributed by atoms with van der Waals surface area (Å²) in [6.45, 7) is 0. The Labute approximate surface area is 318 Å². The van der Waals surface area contributed by atoms with Crippen molar-refractivity contribution in [2.45, 2.75) is 0 Å². The van der Waals surface area contributed by atoms with Gasteiger partial charge in [-0.1, -0.05) is 91.0 Å². The summed E-state index contributed by atoms with van der Waals surface area (Å²) in [4.78, 5) is 21.4. The molecule has 6 heteroatoms. The maximum Gasteiger partial charge on any atom is 0.115 e. The Kier molecular flexibility index (Phi) is 8.04. The van der Waals surface area contributed by atoms with E-state index in [0.29, 0.717) is 0 Å². The molecule has 10 aromatic rings. The maximum absolute atomic E-state index is 4.50. The van der Waals surface area contributed by atoms with Gasteiger partial charge in [0.2, 0.25) is 0 Å². The van der Waals surface area contributed by atoms with E-state index >= 15 is 0 Å². The van der Waals surface area contributed by atoms with Crippen molar-refractivity contribution in [1.82, 2.24) is 29.5 Å². The van der Waals surface area contributed by atoms with Crippen LogP contribution in [0.1, 0.15) is 0 Å². The molecule has 0 fully saturated rings. The molecule has 6 aromatic carbocycles. The van der Waals surface area contributed by atoms with Crippen molar-refractivity contribution < 1.29 is 0 Å². The largest absolute Gasteiger partial charge is 0.309 e. The lowest BCUT2D eigenvalue weighted by atomic mass is 9.93. The highest BCUT2D eigenvalue weighted by atomic mass is 15.0. The van der Waals surface area contributed by atoms with Crippen LogP contribution < -0.4 is 0 Å². The van der Waals surface area contributed by atoms with E-state index in [1.54, 1.807) is 12.7 Å². The van der Waals surface area contributed by atoms with E-state index in [-0.39, 0.29) is 0 Å². The van der Waals surface area contributed by atoms with Gasteiger partial charge in [0.15, 0.2) is 0 Å². The van der Waals surface area contributed by atoms with Crippen molar-refractivity contribution in [2.24, 2.45) is 0 Å². The van der Waals surface area contributed by atoms with Gasteiger partial charge in [0.05, 0.1) is 11.0 Å². The zero-order valence-corrected chi connectivity index (χ0v) is 29.7. The second-order valence-electron chi connectivity index (χ2n) is 13.6. The molecule has 0 N–H and O–H groups in total. The van der Waals surface area contributed by atoms with E-state index in [1.807, 2.05) is 37.2 Å². The summed E-state index contributed by atoms with van der Waals surface area (Å²) in [6.07, 6.45) is 14.4. The van der Waals surface area contributed by atoms with Crippen LogP contribution in [-0.2, 0) is 0 Å². The highest BCUT2D eigenvalue weighted by Gasteiger charge is 2.15. The highest BCUT2D eigenvalue weighted by molar-refractivity contribution is 6.09. The monoisotopic (exact) mass is 704 g/mol. The first-order valence-corrected chi connectivity index (χ1v) is 18.2. The van der Waals surface area contributed by atoms with Gasteiger partial charge in [-0.3, -0.25) is 4.98 Å². The van der Waals surface area contributed by atoms with Crippen LogP contribution in [0.15, 0.2) is 195 Å². The summed E-state index contributed by atoms with van der Waals surface area (Å²) in [5, 5.41) is 2.30. The average Bonchev–Trinajstić information content (AvgIpc) is 3.61. The lowest BCUT2D eigenvalue weighted by Gasteiger charge is -2.15. The van der Waals surface area contributed by atoms with E-state index in [0.717, 1.165) is 88.9 Å². The summed E-state index contributed by atoms with van der Waals surface area (Å²) >= 11 is 0. The van der Waals surface area contributed by atoms with Crippen LogP contribution in [0.5, 0.6) is 0 Å². The Balaban J connectivity index is 1.13. The van der Waals surface area contributed by atoms with Crippen molar-refractivity contribution in [2.75, 3.05) is 0 Å². The summed E-state index contributed by atoms with van der Waals surface area (Å²) in [5.41, 5.74) is 16.5. The van der Waals surface area contributed by atoms with Gasteiger partial charge in [0, 0.05) is 64.8 Å². The first-order valence-electron chi connectivity index (χ1n) is 18.2. The third kappa shape index (κ3) is 6.11. The Morgan fingerprint density at radius 2 is 0.691 bits per heavy atom. The molecule has 0 amide bonds. The fraction of sp³-hybridized carbons (Fsp3) is 0. The van der Waals surface area contributed by atoms with E-state index in [4.69, 9.17) is 0 Å². The molecule has 0 unspecified atom stereocenters. The Bertz CT molecular complexity index is 2790. The smallest absolute Gasteiger partial charge is 0.115 e. The highest BCUT2D eigenvalue weighted by Crippen LogP contribution is 2.38. The molecule has 4 aromatic heterocycles. The topological polar surface area (TPSA) is 69.4 Å². The molecule has 0 bridgehead atoms. The molecule has 0 saturated heterocycles. The second kappa shape index (κ2) is 13.8. The Hall–Kier alpha value is -7.57. The zero-order valence-electron chi connectivity index (χ0n) is 29.7. The quantitative estimate of drug-likeness (QED) is 0.165. The van der Waals surface area contributed by atoms with Gasteiger partial charge < -0.3 is 4.57 Å². The van der Waals surface area contributed by atoms with E-state index in [9.17, 15) is 0 Å². The van der Waals surface area contributed by atoms with Crippen molar-refractivity contribution in [3.05, 3.63) is 195 Å². The molecule has 0 aliphatic carbocycles. The van der Waals surface area contributed by atoms with Gasteiger partial charge in [-0.05, 0) is 110 Å². The summed E-state index contributed by atoms with van der Waals surface area (Å²) < 4.78 is 2.36. The lowest BCUT2D eigenvalue weighted by molar-refractivity contribution is 1.17. The number of nitrogens with zero attached hydrogens (tertiary/aromatic N) is 6. The molecule has 258 valence electrons. The van der Waals surface area contributed by atoms with E-state index in [2.05, 4.69) is 175 Å². The predicted molar refractivity (Wildman–Crippen MR) is 222 cm³/mol. The molecular weight excluding hydrogens is 673 g/mol. The van der Waals surface area contributed by atoms with Gasteiger partial charge >= 0.3 is 0 Å². The van der Waals surface area contributed by atoms with Gasteiger partial charge in [0.25, 0.3) is 0 Å². The normalized spacial score (nSPS) is 11.3. The lowest BCUT2D eigenvalue weighted by Crippen LogP contribution is -1.96. The predicted octanol–water partition coefficient (Wildman–Crippen LogP) is 11.8. The van der Waals surface area contributed by atoms with Crippen LogP contribution in [0.25, 0.3) is 94.3 Å². The Morgan fingerprint density at radius 1 is 0.291 bits per heavy atom. The Morgan fingerprint density at radius 3 is 1.18 bits per heavy atom. The number of rotatable bonds is 7. The number of aromatic nitrogens is 6. The number of para-hydroxylation sites is 1. The van der Waals surface area contributed by atoms with Gasteiger partial charge in [-0.25, -0.2) is 19.9 Å². The van der Waals surface area contributed by atoms with Gasteiger partial charge in [0.1, 0.15) is 12.7 Å². The number of hydrogen-bond donors (Lipinski definition) is 0. The second-order valence-corrected chi connectivity index (χ2v) is 13.6. The SMILES string of the molecule is c1cc(-c2cncnc2)cc(-c2cccc(-c3cc(-c4cccc(-c5cccc(-c6cncnc6)c5)c4)cc(-n4c5ccccc5c5cnccc54)c3)c2)c1. The van der Waals surface area contributed by atoms with E-state index in [1.165, 1.54) is 5.39 Å². The first-order chi connectivity index (χ1) is 27.2. The van der Waals surface area contributed by atoms with Gasteiger partial charge in [-0.2, -0.15) is 0 Å². The van der Waals surface area contributed by atoms with Gasteiger partial charge in [-0.15, -0.1) is 0 Å². The molecule has 0 aliphatic heterocycles. The molecule has 4 heterocycles. The number of benzene rings is 6. The maximum atomic E-state index is 4.50. The standard InChI is InChI=1S/C49H32N6/c1-2-16-48-46(15-1)47-30-50-18-17-49(47)55(48)45-24-41(37-11-3-7-33(19-37)35-9-5-13-39(21-35)43-26-51-31-52-27-43)23-42(25-45)38-12-4-8-34(20-38)36-10-6-14-40(22-36)44-28-53-32-54-29-44/h1-32H. The van der Waals surface area contributed by atoms with Crippen molar-refractivity contribution in [3.8, 4) is 72.4 Å². The fourth-order valence-corrected chi connectivity index (χ4v) is 7.58. The molecule has 0 spiro atoms. The van der Waals surface area contributed by atoms with Crippen molar-refractivity contribution in [3.63, 3.8) is 0 Å².